The molecular formula is C24H34ClN5O2. The molecule has 8 heteroatoms. The lowest BCUT2D eigenvalue weighted by Crippen LogP contribution is -2.45. The first-order valence-electron chi connectivity index (χ1n) is 11.7. The number of hydrogen-bond donors (Lipinski definition) is 1. The van der Waals surface area contributed by atoms with Gasteiger partial charge in [0.25, 0.3) is 0 Å². The van der Waals surface area contributed by atoms with Gasteiger partial charge in [0.2, 0.25) is 6.41 Å². The smallest absolute Gasteiger partial charge is 0.216 e. The van der Waals surface area contributed by atoms with Crippen LogP contribution < -0.4 is 0 Å². The summed E-state index contributed by atoms with van der Waals surface area (Å²) in [6, 6.07) is 6.17. The summed E-state index contributed by atoms with van der Waals surface area (Å²) in [5.41, 5.74) is 2.25. The highest BCUT2D eigenvalue weighted by Gasteiger charge is 2.45. The topological polar surface area (TPSA) is 66.7 Å². The van der Waals surface area contributed by atoms with Crippen LogP contribution in [0.4, 0.5) is 0 Å². The van der Waals surface area contributed by atoms with Crippen LogP contribution in [-0.2, 0) is 17.8 Å². The van der Waals surface area contributed by atoms with Crippen molar-refractivity contribution in [3.8, 4) is 5.69 Å². The Hall–Kier alpha value is -1.51. The minimum atomic E-state index is -0.873. The van der Waals surface area contributed by atoms with Crippen molar-refractivity contribution < 1.29 is 9.84 Å². The molecule has 0 radical (unpaired) electrons. The lowest BCUT2D eigenvalue weighted by Gasteiger charge is -2.37. The van der Waals surface area contributed by atoms with Gasteiger partial charge in [-0.25, -0.2) is 0 Å². The van der Waals surface area contributed by atoms with Crippen molar-refractivity contribution in [1.82, 2.24) is 24.6 Å². The van der Waals surface area contributed by atoms with Gasteiger partial charge in [-0.2, -0.15) is 0 Å². The van der Waals surface area contributed by atoms with Gasteiger partial charge in [-0.15, -0.1) is 10.2 Å². The Bertz CT molecular complexity index is 989. The number of rotatable bonds is 4. The number of hydrogen-bond acceptors (Lipinski definition) is 6. The van der Waals surface area contributed by atoms with Crippen molar-refractivity contribution in [2.75, 3.05) is 13.1 Å². The Morgan fingerprint density at radius 1 is 1.16 bits per heavy atom. The van der Waals surface area contributed by atoms with E-state index in [0.717, 1.165) is 61.4 Å². The van der Waals surface area contributed by atoms with Crippen molar-refractivity contribution in [3.63, 3.8) is 0 Å². The Morgan fingerprint density at radius 2 is 1.88 bits per heavy atom. The van der Waals surface area contributed by atoms with Gasteiger partial charge < -0.3 is 9.84 Å². The predicted molar refractivity (Wildman–Crippen MR) is 124 cm³/mol. The number of aromatic nitrogens is 3. The number of aliphatic hydroxyl groups excluding tert-OH is 1. The van der Waals surface area contributed by atoms with E-state index in [0.29, 0.717) is 5.92 Å². The first-order chi connectivity index (χ1) is 15.1. The fourth-order valence-corrected chi connectivity index (χ4v) is 5.13. The molecule has 3 aliphatic rings. The van der Waals surface area contributed by atoms with Crippen LogP contribution in [0.5, 0.6) is 0 Å². The van der Waals surface area contributed by atoms with E-state index in [-0.39, 0.29) is 11.1 Å². The Morgan fingerprint density at radius 3 is 2.53 bits per heavy atom. The molecule has 2 aliphatic heterocycles. The zero-order valence-electron chi connectivity index (χ0n) is 19.5. The van der Waals surface area contributed by atoms with Gasteiger partial charge in [0.15, 0.2) is 5.82 Å². The van der Waals surface area contributed by atoms with E-state index in [1.807, 2.05) is 31.7 Å². The molecular weight excluding hydrogens is 426 g/mol. The molecule has 1 aliphatic carbocycles. The van der Waals surface area contributed by atoms with Gasteiger partial charge in [-0.3, -0.25) is 14.4 Å². The van der Waals surface area contributed by atoms with Crippen molar-refractivity contribution >= 4 is 11.6 Å². The third-order valence-corrected chi connectivity index (χ3v) is 7.37. The molecule has 5 rings (SSSR count). The molecule has 32 heavy (non-hydrogen) atoms. The first kappa shape index (κ1) is 22.3. The molecule has 1 aromatic carbocycles. The maximum Gasteiger partial charge on any atom is 0.216 e. The Balaban J connectivity index is 1.41. The molecule has 1 unspecified atom stereocenters. The number of benzene rings is 1. The number of likely N-dealkylation sites (tertiary alicyclic amines) is 1. The molecule has 1 atom stereocenters. The van der Waals surface area contributed by atoms with Crippen LogP contribution in [0, 0.1) is 0 Å². The van der Waals surface area contributed by atoms with Crippen molar-refractivity contribution in [2.45, 2.75) is 89.9 Å². The number of halogens is 1. The maximum absolute atomic E-state index is 10.5. The normalized spacial score (nSPS) is 22.8. The lowest BCUT2D eigenvalue weighted by atomic mass is 9.95. The SMILES string of the molecule is CC(C)(C)OC(O)N1CCC(c2nnc3n2-c2ccc(Cl)cc2CN(C2(C)CC2)C3)CC1. The van der Waals surface area contributed by atoms with Gasteiger partial charge in [-0.1, -0.05) is 11.6 Å². The van der Waals surface area contributed by atoms with E-state index in [4.69, 9.17) is 21.4 Å². The quantitative estimate of drug-likeness (QED) is 0.695. The number of ether oxygens (including phenoxy) is 1. The van der Waals surface area contributed by atoms with Crippen molar-refractivity contribution in [3.05, 3.63) is 40.4 Å². The summed E-state index contributed by atoms with van der Waals surface area (Å²) in [5, 5.41) is 20.6. The molecule has 7 nitrogen and oxygen atoms in total. The molecule has 1 N–H and O–H groups in total. The lowest BCUT2D eigenvalue weighted by molar-refractivity contribution is -0.242. The summed E-state index contributed by atoms with van der Waals surface area (Å²) in [6.07, 6.45) is 3.39. The Kier molecular flexibility index (Phi) is 5.62. The van der Waals surface area contributed by atoms with Crippen molar-refractivity contribution in [1.29, 1.82) is 0 Å². The van der Waals surface area contributed by atoms with Crippen LogP contribution in [0.15, 0.2) is 18.2 Å². The highest BCUT2D eigenvalue weighted by Crippen LogP contribution is 2.44. The second kappa shape index (κ2) is 8.06. The number of nitrogens with zero attached hydrogens (tertiary/aromatic N) is 5. The monoisotopic (exact) mass is 459 g/mol. The molecule has 2 fully saturated rings. The summed E-state index contributed by atoms with van der Waals surface area (Å²) in [5.74, 6) is 2.32. The van der Waals surface area contributed by atoms with Crippen LogP contribution in [0.2, 0.25) is 5.02 Å². The standard InChI is InChI=1S/C24H34ClN5O2/c1-23(2,3)32-22(31)28-11-7-16(8-12-28)21-27-26-20-15-29(24(4)9-10-24)14-17-13-18(25)5-6-19(17)30(20)21/h5-6,13,16,22,31H,7-12,14-15H2,1-4H3. The van der Waals surface area contributed by atoms with Gasteiger partial charge in [0.05, 0.1) is 17.8 Å². The second-order valence-electron chi connectivity index (χ2n) is 10.8. The maximum atomic E-state index is 10.5. The minimum Gasteiger partial charge on any atom is -0.356 e. The molecule has 1 saturated heterocycles. The van der Waals surface area contributed by atoms with Crippen LogP contribution in [-0.4, -0.2) is 60.3 Å². The fourth-order valence-electron chi connectivity index (χ4n) is 4.94. The van der Waals surface area contributed by atoms with E-state index in [1.165, 1.54) is 18.4 Å². The molecule has 1 aromatic heterocycles. The molecule has 0 bridgehead atoms. The summed E-state index contributed by atoms with van der Waals surface area (Å²) >= 11 is 6.39. The van der Waals surface area contributed by atoms with Crippen LogP contribution in [0.3, 0.4) is 0 Å². The zero-order chi connectivity index (χ0) is 22.7. The van der Waals surface area contributed by atoms with Gasteiger partial charge in [0.1, 0.15) is 5.82 Å². The number of piperidine rings is 1. The zero-order valence-corrected chi connectivity index (χ0v) is 20.3. The molecule has 0 spiro atoms. The van der Waals surface area contributed by atoms with Gasteiger partial charge >= 0.3 is 0 Å². The second-order valence-corrected chi connectivity index (χ2v) is 11.2. The highest BCUT2D eigenvalue weighted by molar-refractivity contribution is 6.30. The third kappa shape index (κ3) is 4.33. The minimum absolute atomic E-state index is 0.245. The molecule has 3 heterocycles. The van der Waals surface area contributed by atoms with E-state index in [1.54, 1.807) is 0 Å². The number of fused-ring (bicyclic) bond motifs is 3. The molecule has 2 aromatic rings. The average Bonchev–Trinajstić information content (AvgIpc) is 3.39. The van der Waals surface area contributed by atoms with Crippen LogP contribution in [0.1, 0.15) is 76.5 Å². The van der Waals surface area contributed by atoms with Crippen molar-refractivity contribution in [2.24, 2.45) is 0 Å². The third-order valence-electron chi connectivity index (χ3n) is 7.13. The van der Waals surface area contributed by atoms with Gasteiger partial charge in [0, 0.05) is 36.1 Å². The first-order valence-corrected chi connectivity index (χ1v) is 12.1. The largest absolute Gasteiger partial charge is 0.356 e. The molecule has 0 amide bonds. The van der Waals surface area contributed by atoms with Gasteiger partial charge in [-0.05, 0) is 77.1 Å². The van der Waals surface area contributed by atoms with Crippen LogP contribution >= 0.6 is 11.6 Å². The van der Waals surface area contributed by atoms with Crippen LogP contribution in [0.25, 0.3) is 5.69 Å². The summed E-state index contributed by atoms with van der Waals surface area (Å²) < 4.78 is 8.03. The highest BCUT2D eigenvalue weighted by atomic mass is 35.5. The Labute approximate surface area is 195 Å². The summed E-state index contributed by atoms with van der Waals surface area (Å²) in [6.45, 7) is 11.4. The molecule has 1 saturated carbocycles. The summed E-state index contributed by atoms with van der Waals surface area (Å²) in [7, 11) is 0. The van der Waals surface area contributed by atoms with E-state index in [2.05, 4.69) is 33.6 Å². The predicted octanol–water partition coefficient (Wildman–Crippen LogP) is 4.06. The number of aliphatic hydroxyl groups is 1. The average molecular weight is 460 g/mol. The van der Waals surface area contributed by atoms with E-state index in [9.17, 15) is 5.11 Å². The van der Waals surface area contributed by atoms with E-state index >= 15 is 0 Å². The fraction of sp³-hybridized carbons (Fsp3) is 0.667. The summed E-state index contributed by atoms with van der Waals surface area (Å²) in [4.78, 5) is 4.53. The molecule has 174 valence electrons. The van der Waals surface area contributed by atoms with E-state index < -0.39 is 6.41 Å².